The molecule has 2 aromatic carbocycles. The van der Waals surface area contributed by atoms with Gasteiger partial charge in [-0.3, -0.25) is 14.9 Å². The van der Waals surface area contributed by atoms with Crippen molar-refractivity contribution in [2.24, 2.45) is 0 Å². The molecule has 2 aromatic rings. The van der Waals surface area contributed by atoms with Crippen LogP contribution >= 0.6 is 46.8 Å². The number of fused-ring (bicyclic) bond motifs is 1. The molecule has 1 unspecified atom stereocenters. The number of carbonyl (C=O) groups is 2. The number of para-hydroxylation sites is 1. The summed E-state index contributed by atoms with van der Waals surface area (Å²) in [6.45, 7) is 1.08. The number of rotatable bonds is 3. The highest BCUT2D eigenvalue weighted by Crippen LogP contribution is 2.52. The first-order valence-electron chi connectivity index (χ1n) is 8.16. The van der Waals surface area contributed by atoms with Gasteiger partial charge in [-0.2, -0.15) is 0 Å². The average Bonchev–Trinajstić information content (AvgIpc) is 3.19. The lowest BCUT2D eigenvalue weighted by Gasteiger charge is -2.44. The smallest absolute Gasteiger partial charge is 0.271 e. The van der Waals surface area contributed by atoms with E-state index < -0.39 is 20.6 Å². The summed E-state index contributed by atoms with van der Waals surface area (Å²) in [5, 5.41) is 3.20. The van der Waals surface area contributed by atoms with Crippen LogP contribution in [0.5, 0.6) is 0 Å². The molecule has 140 valence electrons. The van der Waals surface area contributed by atoms with Crippen LogP contribution in [0, 0.1) is 0 Å². The first-order chi connectivity index (χ1) is 12.8. The first kappa shape index (κ1) is 18.9. The normalized spacial score (nSPS) is 22.5. The van der Waals surface area contributed by atoms with Crippen molar-refractivity contribution in [1.82, 2.24) is 9.62 Å². The lowest BCUT2D eigenvalue weighted by Crippen LogP contribution is -2.60. The van der Waals surface area contributed by atoms with E-state index in [-0.39, 0.29) is 0 Å². The van der Waals surface area contributed by atoms with Gasteiger partial charge in [0.15, 0.2) is 0 Å². The summed E-state index contributed by atoms with van der Waals surface area (Å²) in [5.74, 6) is -0.841. The SMILES string of the molecule is O=C1c2ccccc2C(=O)N1SC1(C(Cl)(Cl)Cl)NCCN1c1ccccc1. The summed E-state index contributed by atoms with van der Waals surface area (Å²) in [5.41, 5.74) is 1.51. The monoisotopic (exact) mass is 441 g/mol. The largest absolute Gasteiger partial charge is 0.338 e. The van der Waals surface area contributed by atoms with E-state index in [4.69, 9.17) is 34.8 Å². The highest BCUT2D eigenvalue weighted by Gasteiger charge is 2.59. The Morgan fingerprint density at radius 2 is 1.48 bits per heavy atom. The molecule has 1 atom stereocenters. The molecule has 9 heteroatoms. The highest BCUT2D eigenvalue weighted by atomic mass is 35.6. The Bertz CT molecular complexity index is 871. The van der Waals surface area contributed by atoms with Crippen LogP contribution in [0.4, 0.5) is 5.69 Å². The number of halogens is 3. The molecule has 2 aliphatic rings. The van der Waals surface area contributed by atoms with Gasteiger partial charge in [0.2, 0.25) is 8.79 Å². The molecular weight excluding hydrogens is 429 g/mol. The second-order valence-electron chi connectivity index (χ2n) is 6.10. The third-order valence-corrected chi connectivity index (χ3v) is 7.12. The van der Waals surface area contributed by atoms with E-state index >= 15 is 0 Å². The maximum Gasteiger partial charge on any atom is 0.271 e. The number of imide groups is 1. The molecule has 0 radical (unpaired) electrons. The molecule has 1 fully saturated rings. The Balaban J connectivity index is 1.75. The van der Waals surface area contributed by atoms with Crippen molar-refractivity contribution in [3.8, 4) is 0 Å². The van der Waals surface area contributed by atoms with Crippen molar-refractivity contribution < 1.29 is 9.59 Å². The van der Waals surface area contributed by atoms with Crippen LogP contribution in [-0.4, -0.2) is 38.0 Å². The Morgan fingerprint density at radius 3 is 2.04 bits per heavy atom. The molecule has 0 aliphatic carbocycles. The van der Waals surface area contributed by atoms with Gasteiger partial charge in [-0.15, -0.1) is 0 Å². The van der Waals surface area contributed by atoms with Gasteiger partial charge >= 0.3 is 0 Å². The predicted octanol–water partition coefficient (Wildman–Crippen LogP) is 4.06. The minimum absolute atomic E-state index is 0.346. The second-order valence-corrected chi connectivity index (χ2v) is 9.52. The van der Waals surface area contributed by atoms with Gasteiger partial charge < -0.3 is 4.90 Å². The summed E-state index contributed by atoms with van der Waals surface area (Å²) in [7, 11) is 0. The van der Waals surface area contributed by atoms with E-state index in [1.807, 2.05) is 35.2 Å². The van der Waals surface area contributed by atoms with Gasteiger partial charge in [0.25, 0.3) is 11.8 Å². The number of alkyl halides is 3. The molecule has 0 bridgehead atoms. The van der Waals surface area contributed by atoms with Crippen molar-refractivity contribution in [1.29, 1.82) is 0 Å². The lowest BCUT2D eigenvalue weighted by molar-refractivity contribution is 0.0774. The Morgan fingerprint density at radius 1 is 0.926 bits per heavy atom. The van der Waals surface area contributed by atoms with Gasteiger partial charge in [-0.05, 0) is 24.3 Å². The van der Waals surface area contributed by atoms with Crippen LogP contribution in [0.2, 0.25) is 0 Å². The lowest BCUT2D eigenvalue weighted by atomic mass is 10.1. The number of nitrogens with zero attached hydrogens (tertiary/aromatic N) is 2. The van der Waals surface area contributed by atoms with E-state index in [2.05, 4.69) is 5.32 Å². The van der Waals surface area contributed by atoms with Crippen molar-refractivity contribution in [2.75, 3.05) is 18.0 Å². The summed E-state index contributed by atoms with van der Waals surface area (Å²) in [6.07, 6.45) is 0. The molecule has 0 spiro atoms. The van der Waals surface area contributed by atoms with E-state index in [9.17, 15) is 9.59 Å². The topological polar surface area (TPSA) is 52.7 Å². The third kappa shape index (κ3) is 3.00. The number of nitrogens with one attached hydrogen (secondary N) is 1. The molecule has 2 heterocycles. The van der Waals surface area contributed by atoms with Crippen LogP contribution in [-0.2, 0) is 0 Å². The standard InChI is InChI=1S/C18H14Cl3N3O2S/c19-17(20,21)18(22-10-11-23(18)12-6-2-1-3-7-12)27-24-15(25)13-8-4-5-9-14(13)16(24)26/h1-9,22H,10-11H2. The summed E-state index contributed by atoms with van der Waals surface area (Å²) < 4.78 is -0.764. The van der Waals surface area contributed by atoms with Crippen LogP contribution in [0.15, 0.2) is 54.6 Å². The van der Waals surface area contributed by atoms with Gasteiger partial charge in [0.05, 0.1) is 11.1 Å². The summed E-state index contributed by atoms with van der Waals surface area (Å²) >= 11 is 20.0. The fourth-order valence-corrected chi connectivity index (χ4v) is 5.29. The molecular formula is C18H14Cl3N3O2S. The first-order valence-corrected chi connectivity index (χ1v) is 10.1. The second kappa shape index (κ2) is 6.87. The molecule has 4 rings (SSSR count). The van der Waals surface area contributed by atoms with Gasteiger partial charge in [0, 0.05) is 30.7 Å². The van der Waals surface area contributed by atoms with Crippen molar-refractivity contribution >= 4 is 64.3 Å². The summed E-state index contributed by atoms with van der Waals surface area (Å²) in [6, 6.07) is 16.1. The highest BCUT2D eigenvalue weighted by molar-refractivity contribution is 7.99. The van der Waals surface area contributed by atoms with Gasteiger partial charge in [0.1, 0.15) is 0 Å². The minimum atomic E-state index is -1.83. The third-order valence-electron chi connectivity index (χ3n) is 4.51. The zero-order chi connectivity index (χ0) is 19.2. The predicted molar refractivity (Wildman–Crippen MR) is 109 cm³/mol. The van der Waals surface area contributed by atoms with Crippen molar-refractivity contribution in [3.63, 3.8) is 0 Å². The number of hydrogen-bond donors (Lipinski definition) is 1. The number of carbonyl (C=O) groups excluding carboxylic acids is 2. The van der Waals surface area contributed by atoms with Crippen LogP contribution in [0.3, 0.4) is 0 Å². The van der Waals surface area contributed by atoms with Crippen LogP contribution in [0.1, 0.15) is 20.7 Å². The van der Waals surface area contributed by atoms with E-state index in [0.717, 1.165) is 21.9 Å². The molecule has 2 amide bonds. The molecule has 27 heavy (non-hydrogen) atoms. The van der Waals surface area contributed by atoms with Gasteiger partial charge in [-0.25, -0.2) is 4.31 Å². The van der Waals surface area contributed by atoms with Crippen molar-refractivity contribution in [2.45, 2.75) is 8.79 Å². The zero-order valence-corrected chi connectivity index (χ0v) is 16.9. The van der Waals surface area contributed by atoms with E-state index in [1.54, 1.807) is 24.3 Å². The number of amides is 2. The Kier molecular flexibility index (Phi) is 4.81. The van der Waals surface area contributed by atoms with Crippen LogP contribution in [0.25, 0.3) is 0 Å². The molecule has 1 N–H and O–H groups in total. The van der Waals surface area contributed by atoms with Crippen molar-refractivity contribution in [3.05, 3.63) is 65.7 Å². The molecule has 5 nitrogen and oxygen atoms in total. The number of anilines is 1. The Hall–Kier alpha value is -1.44. The van der Waals surface area contributed by atoms with Gasteiger partial charge in [-0.1, -0.05) is 65.1 Å². The molecule has 0 aromatic heterocycles. The minimum Gasteiger partial charge on any atom is -0.338 e. The number of benzene rings is 2. The molecule has 2 aliphatic heterocycles. The molecule has 0 saturated carbocycles. The number of hydrogen-bond acceptors (Lipinski definition) is 5. The van der Waals surface area contributed by atoms with E-state index in [1.165, 1.54) is 0 Å². The maximum atomic E-state index is 12.8. The fraction of sp³-hybridized carbons (Fsp3) is 0.222. The van der Waals surface area contributed by atoms with E-state index in [0.29, 0.717) is 24.2 Å². The zero-order valence-electron chi connectivity index (χ0n) is 13.9. The Labute approximate surface area is 175 Å². The molecule has 1 saturated heterocycles. The fourth-order valence-electron chi connectivity index (χ4n) is 3.28. The summed E-state index contributed by atoms with van der Waals surface area (Å²) in [4.78, 5) is 26.2. The quantitative estimate of drug-likeness (QED) is 0.441. The maximum absolute atomic E-state index is 12.8. The van der Waals surface area contributed by atoms with Crippen LogP contribution < -0.4 is 10.2 Å². The average molecular weight is 443 g/mol.